The molecule has 1 amide bonds. The Balaban J connectivity index is 1.86. The molecule has 1 fully saturated rings. The molecule has 1 aromatic rings. The second-order valence-corrected chi connectivity index (χ2v) is 5.53. The van der Waals surface area contributed by atoms with Crippen LogP contribution in [0.3, 0.4) is 0 Å². The number of carbonyl (C=O) groups is 1. The van der Waals surface area contributed by atoms with E-state index in [4.69, 9.17) is 0 Å². The average Bonchev–Trinajstić information content (AvgIpc) is 2.84. The van der Waals surface area contributed by atoms with E-state index in [1.165, 1.54) is 0 Å². The van der Waals surface area contributed by atoms with Crippen LogP contribution in [0, 0.1) is 11.8 Å². The van der Waals surface area contributed by atoms with Crippen LogP contribution in [0.4, 0.5) is 0 Å². The van der Waals surface area contributed by atoms with E-state index in [2.05, 4.69) is 26.2 Å². The minimum atomic E-state index is -0.0985. The van der Waals surface area contributed by atoms with Crippen molar-refractivity contribution in [2.45, 2.75) is 19.3 Å². The van der Waals surface area contributed by atoms with Crippen molar-refractivity contribution in [2.75, 3.05) is 13.2 Å². The fourth-order valence-corrected chi connectivity index (χ4v) is 2.69. The Morgan fingerprint density at radius 2 is 2.22 bits per heavy atom. The number of pyridine rings is 1. The van der Waals surface area contributed by atoms with E-state index in [9.17, 15) is 9.90 Å². The molecule has 2 unspecified atom stereocenters. The summed E-state index contributed by atoms with van der Waals surface area (Å²) in [6, 6.07) is 3.49. The van der Waals surface area contributed by atoms with Crippen LogP contribution >= 0.6 is 15.9 Å². The van der Waals surface area contributed by atoms with Gasteiger partial charge < -0.3 is 10.4 Å². The molecule has 18 heavy (non-hydrogen) atoms. The summed E-state index contributed by atoms with van der Waals surface area (Å²) >= 11 is 3.23. The lowest BCUT2D eigenvalue weighted by Crippen LogP contribution is -2.31. The molecule has 0 bridgehead atoms. The maximum Gasteiger partial charge on any atom is 0.252 e. The van der Waals surface area contributed by atoms with E-state index >= 15 is 0 Å². The van der Waals surface area contributed by atoms with Crippen LogP contribution in [-0.4, -0.2) is 29.1 Å². The molecule has 1 heterocycles. The Morgan fingerprint density at radius 3 is 2.89 bits per heavy atom. The number of hydrogen-bond acceptors (Lipinski definition) is 3. The van der Waals surface area contributed by atoms with Gasteiger partial charge in [0, 0.05) is 19.3 Å². The lowest BCUT2D eigenvalue weighted by molar-refractivity contribution is 0.0937. The lowest BCUT2D eigenvalue weighted by Gasteiger charge is -2.17. The lowest BCUT2D eigenvalue weighted by atomic mass is 9.97. The normalized spacial score (nSPS) is 23.0. The Kier molecular flexibility index (Phi) is 4.72. The third-order valence-electron chi connectivity index (χ3n) is 3.57. The number of halogens is 1. The summed E-state index contributed by atoms with van der Waals surface area (Å²) in [5.74, 6) is 0.647. The van der Waals surface area contributed by atoms with Crippen LogP contribution in [0.15, 0.2) is 22.9 Å². The molecular formula is C13H17BrN2O2. The second-order valence-electron chi connectivity index (χ2n) is 4.71. The summed E-state index contributed by atoms with van der Waals surface area (Å²) in [4.78, 5) is 15.9. The Bertz CT molecular complexity index is 408. The zero-order chi connectivity index (χ0) is 13.0. The van der Waals surface area contributed by atoms with Gasteiger partial charge in [-0.2, -0.15) is 0 Å². The van der Waals surface area contributed by atoms with Gasteiger partial charge in [-0.1, -0.05) is 6.42 Å². The fraction of sp³-hybridized carbons (Fsp3) is 0.538. The molecule has 4 nitrogen and oxygen atoms in total. The number of nitrogens with one attached hydrogen (secondary N) is 1. The molecule has 2 rings (SSSR count). The van der Waals surface area contributed by atoms with Gasteiger partial charge in [0.15, 0.2) is 0 Å². The maximum atomic E-state index is 11.9. The first-order valence-corrected chi connectivity index (χ1v) is 7.00. The summed E-state index contributed by atoms with van der Waals surface area (Å²) in [6.45, 7) is 0.862. The first kappa shape index (κ1) is 13.5. The third-order valence-corrected chi connectivity index (χ3v) is 4.03. The Morgan fingerprint density at radius 1 is 1.44 bits per heavy atom. The number of nitrogens with zero attached hydrogens (tertiary/aromatic N) is 1. The van der Waals surface area contributed by atoms with Crippen molar-refractivity contribution in [3.8, 4) is 0 Å². The highest BCUT2D eigenvalue weighted by Gasteiger charge is 2.26. The van der Waals surface area contributed by atoms with Gasteiger partial charge in [-0.05, 0) is 52.7 Å². The van der Waals surface area contributed by atoms with Crippen molar-refractivity contribution < 1.29 is 9.90 Å². The van der Waals surface area contributed by atoms with E-state index in [1.54, 1.807) is 18.3 Å². The topological polar surface area (TPSA) is 62.2 Å². The Labute approximate surface area is 115 Å². The Hall–Kier alpha value is -0.940. The zero-order valence-electron chi connectivity index (χ0n) is 10.1. The molecule has 2 N–H and O–H groups in total. The highest BCUT2D eigenvalue weighted by atomic mass is 79.9. The van der Waals surface area contributed by atoms with Crippen LogP contribution < -0.4 is 5.32 Å². The van der Waals surface area contributed by atoms with Gasteiger partial charge in [-0.3, -0.25) is 4.79 Å². The van der Waals surface area contributed by atoms with Crippen molar-refractivity contribution >= 4 is 21.8 Å². The van der Waals surface area contributed by atoms with E-state index in [-0.39, 0.29) is 12.5 Å². The first-order valence-electron chi connectivity index (χ1n) is 6.21. The molecule has 0 spiro atoms. The van der Waals surface area contributed by atoms with Crippen molar-refractivity contribution in [1.29, 1.82) is 0 Å². The second kappa shape index (κ2) is 6.29. The number of carbonyl (C=O) groups excluding carboxylic acids is 1. The van der Waals surface area contributed by atoms with Gasteiger partial charge in [0.2, 0.25) is 0 Å². The average molecular weight is 313 g/mol. The molecule has 98 valence electrons. The van der Waals surface area contributed by atoms with Crippen molar-refractivity contribution in [3.63, 3.8) is 0 Å². The number of rotatable bonds is 4. The maximum absolute atomic E-state index is 11.9. The smallest absolute Gasteiger partial charge is 0.252 e. The number of aliphatic hydroxyl groups is 1. The van der Waals surface area contributed by atoms with Crippen LogP contribution in [0.25, 0.3) is 0 Å². The largest absolute Gasteiger partial charge is 0.396 e. The predicted octanol–water partition coefficient (Wildman–Crippen LogP) is 1.98. The summed E-state index contributed by atoms with van der Waals surface area (Å²) in [7, 11) is 0. The summed E-state index contributed by atoms with van der Waals surface area (Å²) in [6.07, 6.45) is 4.85. The van der Waals surface area contributed by atoms with E-state index in [0.717, 1.165) is 23.9 Å². The van der Waals surface area contributed by atoms with Crippen LogP contribution in [0.5, 0.6) is 0 Å². The third kappa shape index (κ3) is 3.29. The van der Waals surface area contributed by atoms with Crippen LogP contribution in [0.1, 0.15) is 29.6 Å². The minimum absolute atomic E-state index is 0.0985. The molecule has 0 radical (unpaired) electrons. The molecular weight excluding hydrogens is 296 g/mol. The molecule has 0 aromatic carbocycles. The van der Waals surface area contributed by atoms with E-state index < -0.39 is 0 Å². The molecule has 1 aliphatic carbocycles. The molecule has 5 heteroatoms. The van der Waals surface area contributed by atoms with Gasteiger partial charge in [0.1, 0.15) is 4.60 Å². The molecule has 1 aromatic heterocycles. The highest BCUT2D eigenvalue weighted by molar-refractivity contribution is 9.10. The van der Waals surface area contributed by atoms with Crippen molar-refractivity contribution in [3.05, 3.63) is 28.5 Å². The van der Waals surface area contributed by atoms with Gasteiger partial charge in [0.25, 0.3) is 5.91 Å². The zero-order valence-corrected chi connectivity index (χ0v) is 11.7. The standard InChI is InChI=1S/C13H17BrN2O2/c14-12-5-4-10(7-15-12)13(18)16-6-9-2-1-3-11(9)8-17/h4-5,7,9,11,17H,1-3,6,8H2,(H,16,18). The SMILES string of the molecule is O=C(NCC1CCCC1CO)c1ccc(Br)nc1. The minimum Gasteiger partial charge on any atom is -0.396 e. The number of aromatic nitrogens is 1. The van der Waals surface area contributed by atoms with E-state index in [1.807, 2.05) is 0 Å². The first-order chi connectivity index (χ1) is 8.70. The predicted molar refractivity (Wildman–Crippen MR) is 72.2 cm³/mol. The quantitative estimate of drug-likeness (QED) is 0.836. The summed E-state index contributed by atoms with van der Waals surface area (Å²) in [5.41, 5.74) is 0.566. The molecule has 0 aliphatic heterocycles. The summed E-state index contributed by atoms with van der Waals surface area (Å²) < 4.78 is 0.718. The van der Waals surface area contributed by atoms with Crippen molar-refractivity contribution in [2.24, 2.45) is 11.8 Å². The van der Waals surface area contributed by atoms with Crippen LogP contribution in [-0.2, 0) is 0 Å². The number of aliphatic hydroxyl groups excluding tert-OH is 1. The van der Waals surface area contributed by atoms with Gasteiger partial charge in [-0.15, -0.1) is 0 Å². The van der Waals surface area contributed by atoms with E-state index in [0.29, 0.717) is 23.9 Å². The molecule has 2 atom stereocenters. The van der Waals surface area contributed by atoms with Gasteiger partial charge >= 0.3 is 0 Å². The number of amides is 1. The molecule has 0 saturated heterocycles. The van der Waals surface area contributed by atoms with Gasteiger partial charge in [0.05, 0.1) is 5.56 Å². The molecule has 1 saturated carbocycles. The highest BCUT2D eigenvalue weighted by Crippen LogP contribution is 2.30. The molecule has 1 aliphatic rings. The van der Waals surface area contributed by atoms with Gasteiger partial charge in [-0.25, -0.2) is 4.98 Å². The van der Waals surface area contributed by atoms with Crippen LogP contribution in [0.2, 0.25) is 0 Å². The monoisotopic (exact) mass is 312 g/mol. The summed E-state index contributed by atoms with van der Waals surface area (Å²) in [5, 5.41) is 12.1. The van der Waals surface area contributed by atoms with Crippen molar-refractivity contribution in [1.82, 2.24) is 10.3 Å². The number of hydrogen-bond donors (Lipinski definition) is 2. The fourth-order valence-electron chi connectivity index (χ4n) is 2.46.